The molecule has 24 heavy (non-hydrogen) atoms. The molecule has 0 saturated heterocycles. The maximum Gasteiger partial charge on any atom is 0.0486 e. The summed E-state index contributed by atoms with van der Waals surface area (Å²) in [5, 5.41) is 8.11. The number of hydrogen-bond donors (Lipinski definition) is 2. The zero-order chi connectivity index (χ0) is 16.8. The molecule has 2 aromatic carbocycles. The van der Waals surface area contributed by atoms with E-state index in [1.54, 1.807) is 0 Å². The molecule has 1 heterocycles. The lowest BCUT2D eigenvalue weighted by molar-refractivity contribution is 0.625. The van der Waals surface area contributed by atoms with Crippen LogP contribution in [0, 0.1) is 6.92 Å². The summed E-state index contributed by atoms with van der Waals surface area (Å²) in [6.07, 6.45) is 3.46. The summed E-state index contributed by atoms with van der Waals surface area (Å²) in [4.78, 5) is 0. The Morgan fingerprint density at radius 1 is 0.917 bits per heavy atom. The Hall–Kier alpha value is -2.10. The summed E-state index contributed by atoms with van der Waals surface area (Å²) in [5.74, 6) is 0. The third kappa shape index (κ3) is 3.86. The number of para-hydroxylation sites is 1. The minimum absolute atomic E-state index is 0.922. The van der Waals surface area contributed by atoms with Crippen LogP contribution in [0.4, 0.5) is 0 Å². The van der Waals surface area contributed by atoms with Gasteiger partial charge in [0.25, 0.3) is 0 Å². The molecule has 126 valence electrons. The van der Waals surface area contributed by atoms with Gasteiger partial charge in [-0.3, -0.25) is 0 Å². The molecule has 3 aromatic rings. The van der Waals surface area contributed by atoms with Crippen LogP contribution in [0.3, 0.4) is 0 Å². The van der Waals surface area contributed by atoms with Crippen molar-refractivity contribution in [1.82, 2.24) is 15.2 Å². The van der Waals surface area contributed by atoms with Gasteiger partial charge in [-0.05, 0) is 56.2 Å². The van der Waals surface area contributed by atoms with Gasteiger partial charge in [-0.1, -0.05) is 42.5 Å². The molecule has 3 heteroatoms. The van der Waals surface area contributed by atoms with E-state index in [-0.39, 0.29) is 0 Å². The summed E-state index contributed by atoms with van der Waals surface area (Å²) in [6, 6.07) is 17.3. The van der Waals surface area contributed by atoms with Crippen LogP contribution in [0.25, 0.3) is 10.9 Å². The molecule has 0 saturated carbocycles. The highest BCUT2D eigenvalue weighted by molar-refractivity contribution is 5.84. The van der Waals surface area contributed by atoms with E-state index in [1.807, 2.05) is 7.05 Å². The number of aryl methyl sites for hydroxylation is 1. The largest absolute Gasteiger partial charge is 0.343 e. The molecule has 0 radical (unpaired) electrons. The number of nitrogens with zero attached hydrogens (tertiary/aromatic N) is 1. The van der Waals surface area contributed by atoms with E-state index < -0.39 is 0 Å². The van der Waals surface area contributed by atoms with Crippen LogP contribution < -0.4 is 10.6 Å². The molecule has 0 aliphatic rings. The lowest BCUT2D eigenvalue weighted by atomic mass is 10.1. The number of nitrogens with one attached hydrogen (secondary N) is 2. The van der Waals surface area contributed by atoms with Crippen LogP contribution in [0.5, 0.6) is 0 Å². The van der Waals surface area contributed by atoms with Gasteiger partial charge in [0.2, 0.25) is 0 Å². The van der Waals surface area contributed by atoms with Crippen molar-refractivity contribution in [2.75, 3.05) is 20.1 Å². The summed E-state index contributed by atoms with van der Waals surface area (Å²) in [6.45, 7) is 6.13. The van der Waals surface area contributed by atoms with E-state index in [9.17, 15) is 0 Å². The van der Waals surface area contributed by atoms with E-state index >= 15 is 0 Å². The zero-order valence-corrected chi connectivity index (χ0v) is 14.7. The molecule has 0 unspecified atom stereocenters. The van der Waals surface area contributed by atoms with Crippen molar-refractivity contribution in [3.8, 4) is 0 Å². The Morgan fingerprint density at radius 2 is 1.71 bits per heavy atom. The second kappa shape index (κ2) is 8.13. The molecule has 3 nitrogen and oxygen atoms in total. The molecular formula is C21H27N3. The summed E-state index contributed by atoms with van der Waals surface area (Å²) < 4.78 is 2.38. The standard InChI is InChI=1S/C21H27N3/c1-17-8-3-4-9-18(17)15-24-16-19(14-23-13-7-12-22-2)20-10-5-6-11-21(20)24/h3-6,8-11,16,22-23H,7,12-15H2,1-2H3. The molecular weight excluding hydrogens is 294 g/mol. The molecule has 0 aliphatic heterocycles. The van der Waals surface area contributed by atoms with Gasteiger partial charge < -0.3 is 15.2 Å². The third-order valence-corrected chi connectivity index (χ3v) is 4.57. The quantitative estimate of drug-likeness (QED) is 0.620. The SMILES string of the molecule is CNCCCNCc1cn(Cc2ccccc2C)c2ccccc12. The van der Waals surface area contributed by atoms with E-state index in [1.165, 1.54) is 27.6 Å². The highest BCUT2D eigenvalue weighted by Crippen LogP contribution is 2.23. The maximum atomic E-state index is 3.56. The molecule has 0 spiro atoms. The lowest BCUT2D eigenvalue weighted by Gasteiger charge is -2.08. The Balaban J connectivity index is 1.80. The van der Waals surface area contributed by atoms with Crippen molar-refractivity contribution in [3.63, 3.8) is 0 Å². The zero-order valence-electron chi connectivity index (χ0n) is 14.7. The predicted molar refractivity (Wildman–Crippen MR) is 102 cm³/mol. The van der Waals surface area contributed by atoms with Crippen molar-refractivity contribution >= 4 is 10.9 Å². The smallest absolute Gasteiger partial charge is 0.0486 e. The van der Waals surface area contributed by atoms with Crippen LogP contribution >= 0.6 is 0 Å². The molecule has 0 atom stereocenters. The Bertz CT molecular complexity index is 789. The van der Waals surface area contributed by atoms with Crippen molar-refractivity contribution in [2.45, 2.75) is 26.4 Å². The monoisotopic (exact) mass is 321 g/mol. The maximum absolute atomic E-state index is 3.56. The summed E-state index contributed by atoms with van der Waals surface area (Å²) in [7, 11) is 2.00. The Labute approximate surface area is 144 Å². The fraction of sp³-hybridized carbons (Fsp3) is 0.333. The van der Waals surface area contributed by atoms with Crippen LogP contribution in [0.2, 0.25) is 0 Å². The molecule has 3 rings (SSSR count). The third-order valence-electron chi connectivity index (χ3n) is 4.57. The molecule has 1 aromatic heterocycles. The van der Waals surface area contributed by atoms with Crippen LogP contribution in [0.15, 0.2) is 54.7 Å². The van der Waals surface area contributed by atoms with Crippen LogP contribution in [-0.2, 0) is 13.1 Å². The van der Waals surface area contributed by atoms with E-state index in [4.69, 9.17) is 0 Å². The number of rotatable bonds is 8. The summed E-state index contributed by atoms with van der Waals surface area (Å²) in [5.41, 5.74) is 5.42. The molecule has 2 N–H and O–H groups in total. The van der Waals surface area contributed by atoms with Gasteiger partial charge in [0, 0.05) is 30.2 Å². The van der Waals surface area contributed by atoms with Crippen LogP contribution in [-0.4, -0.2) is 24.7 Å². The minimum Gasteiger partial charge on any atom is -0.343 e. The van der Waals surface area contributed by atoms with Crippen molar-refractivity contribution < 1.29 is 0 Å². The van der Waals surface area contributed by atoms with Gasteiger partial charge in [0.05, 0.1) is 0 Å². The van der Waals surface area contributed by atoms with Gasteiger partial charge in [-0.15, -0.1) is 0 Å². The van der Waals surface area contributed by atoms with Gasteiger partial charge in [0.15, 0.2) is 0 Å². The first-order chi connectivity index (χ1) is 11.8. The number of aromatic nitrogens is 1. The first-order valence-corrected chi connectivity index (χ1v) is 8.76. The number of benzene rings is 2. The highest BCUT2D eigenvalue weighted by Gasteiger charge is 2.09. The van der Waals surface area contributed by atoms with E-state index in [2.05, 4.69) is 76.9 Å². The lowest BCUT2D eigenvalue weighted by Crippen LogP contribution is -2.19. The highest BCUT2D eigenvalue weighted by atomic mass is 15.0. The first kappa shape index (κ1) is 16.7. The number of hydrogen-bond acceptors (Lipinski definition) is 2. The normalized spacial score (nSPS) is 11.2. The van der Waals surface area contributed by atoms with Crippen LogP contribution in [0.1, 0.15) is 23.1 Å². The van der Waals surface area contributed by atoms with Crippen molar-refractivity contribution in [3.05, 3.63) is 71.4 Å². The first-order valence-electron chi connectivity index (χ1n) is 8.76. The Morgan fingerprint density at radius 3 is 2.54 bits per heavy atom. The second-order valence-electron chi connectivity index (χ2n) is 6.36. The number of fused-ring (bicyclic) bond motifs is 1. The van der Waals surface area contributed by atoms with E-state index in [0.717, 1.165) is 32.6 Å². The average molecular weight is 321 g/mol. The average Bonchev–Trinajstić information content (AvgIpc) is 2.95. The topological polar surface area (TPSA) is 29.0 Å². The predicted octanol–water partition coefficient (Wildman–Crippen LogP) is 3.70. The van der Waals surface area contributed by atoms with E-state index in [0.29, 0.717) is 0 Å². The van der Waals surface area contributed by atoms with Gasteiger partial charge >= 0.3 is 0 Å². The van der Waals surface area contributed by atoms with Gasteiger partial charge in [0.1, 0.15) is 0 Å². The second-order valence-corrected chi connectivity index (χ2v) is 6.36. The summed E-state index contributed by atoms with van der Waals surface area (Å²) >= 11 is 0. The fourth-order valence-electron chi connectivity index (χ4n) is 3.18. The Kier molecular flexibility index (Phi) is 5.68. The molecule has 0 fully saturated rings. The van der Waals surface area contributed by atoms with Crippen molar-refractivity contribution in [2.24, 2.45) is 0 Å². The van der Waals surface area contributed by atoms with Crippen molar-refractivity contribution in [1.29, 1.82) is 0 Å². The van der Waals surface area contributed by atoms with Gasteiger partial charge in [-0.2, -0.15) is 0 Å². The molecule has 0 aliphatic carbocycles. The molecule has 0 bridgehead atoms. The fourth-order valence-corrected chi connectivity index (χ4v) is 3.18. The van der Waals surface area contributed by atoms with Gasteiger partial charge in [-0.25, -0.2) is 0 Å². The molecule has 0 amide bonds. The minimum atomic E-state index is 0.922.